The van der Waals surface area contributed by atoms with Crippen LogP contribution in [-0.2, 0) is 5.54 Å². The van der Waals surface area contributed by atoms with Crippen molar-refractivity contribution in [1.29, 1.82) is 0 Å². The zero-order valence-electron chi connectivity index (χ0n) is 16.7. The molecule has 4 heteroatoms. The van der Waals surface area contributed by atoms with Gasteiger partial charge in [0, 0.05) is 17.6 Å². The van der Waals surface area contributed by atoms with E-state index in [1.807, 2.05) is 30.4 Å². The Morgan fingerprint density at radius 1 is 1.00 bits per heavy atom. The molecule has 142 valence electrons. The average Bonchev–Trinajstić information content (AvgIpc) is 2.87. The summed E-state index contributed by atoms with van der Waals surface area (Å²) < 4.78 is 0. The van der Waals surface area contributed by atoms with Crippen molar-refractivity contribution in [2.45, 2.75) is 43.3 Å². The smallest absolute Gasteiger partial charge is 0.252 e. The normalized spacial score (nSPS) is 21.4. The molecule has 1 heterocycles. The molecule has 2 rings (SSSR count). The lowest BCUT2D eigenvalue weighted by atomic mass is 9.78. The summed E-state index contributed by atoms with van der Waals surface area (Å²) in [5, 5.41) is 3.36. The summed E-state index contributed by atoms with van der Waals surface area (Å²) in [6.45, 7) is 7.85. The Morgan fingerprint density at radius 2 is 1.50 bits per heavy atom. The minimum Gasteiger partial charge on any atom is -0.342 e. The van der Waals surface area contributed by atoms with Gasteiger partial charge in [0.1, 0.15) is 0 Å². The highest BCUT2D eigenvalue weighted by atomic mass is 16.2. The van der Waals surface area contributed by atoms with Crippen molar-refractivity contribution in [1.82, 2.24) is 15.1 Å². The van der Waals surface area contributed by atoms with E-state index in [1.54, 1.807) is 0 Å². The molecule has 1 aliphatic rings. The van der Waals surface area contributed by atoms with Crippen molar-refractivity contribution in [2.75, 3.05) is 28.2 Å². The van der Waals surface area contributed by atoms with Crippen LogP contribution in [0.5, 0.6) is 0 Å². The van der Waals surface area contributed by atoms with Crippen molar-refractivity contribution in [2.24, 2.45) is 0 Å². The Morgan fingerprint density at radius 3 is 1.96 bits per heavy atom. The third-order valence-corrected chi connectivity index (χ3v) is 5.55. The summed E-state index contributed by atoms with van der Waals surface area (Å²) in [5.74, 6) is 0.0350. The fraction of sp³-hybridized carbons (Fsp3) is 0.500. The summed E-state index contributed by atoms with van der Waals surface area (Å²) in [5.41, 5.74) is 1.56. The SMILES string of the molecule is C=CCC(CC1(CC(CC=C)N(C)C)NC(=O)c2ccccc21)N(C)C. The topological polar surface area (TPSA) is 35.6 Å². The number of carbonyl (C=O) groups excluding carboxylic acids is 1. The van der Waals surface area contributed by atoms with Crippen LogP contribution in [0.1, 0.15) is 41.6 Å². The van der Waals surface area contributed by atoms with E-state index in [0.29, 0.717) is 12.1 Å². The van der Waals surface area contributed by atoms with Gasteiger partial charge in [0.05, 0.1) is 5.54 Å². The minimum atomic E-state index is -0.371. The van der Waals surface area contributed by atoms with Gasteiger partial charge in [-0.25, -0.2) is 0 Å². The monoisotopic (exact) mass is 355 g/mol. The number of rotatable bonds is 10. The van der Waals surface area contributed by atoms with E-state index >= 15 is 0 Å². The summed E-state index contributed by atoms with van der Waals surface area (Å²) >= 11 is 0. The second-order valence-corrected chi connectivity index (χ2v) is 7.77. The van der Waals surface area contributed by atoms with Crippen LogP contribution in [-0.4, -0.2) is 56.0 Å². The fourth-order valence-electron chi connectivity index (χ4n) is 4.00. The maximum atomic E-state index is 12.7. The van der Waals surface area contributed by atoms with Crippen LogP contribution in [0.25, 0.3) is 0 Å². The van der Waals surface area contributed by atoms with Gasteiger partial charge >= 0.3 is 0 Å². The van der Waals surface area contributed by atoms with Crippen molar-refractivity contribution in [3.05, 3.63) is 60.7 Å². The zero-order chi connectivity index (χ0) is 19.3. The molecule has 1 aromatic carbocycles. The molecule has 0 saturated heterocycles. The minimum absolute atomic E-state index is 0.0350. The fourth-order valence-corrected chi connectivity index (χ4v) is 4.00. The molecule has 0 saturated carbocycles. The zero-order valence-corrected chi connectivity index (χ0v) is 16.7. The van der Waals surface area contributed by atoms with Gasteiger partial charge in [0.15, 0.2) is 0 Å². The molecular formula is C22H33N3O. The molecule has 1 aromatic rings. The molecule has 0 spiro atoms. The summed E-state index contributed by atoms with van der Waals surface area (Å²) in [6, 6.07) is 8.63. The lowest BCUT2D eigenvalue weighted by Crippen LogP contribution is -2.49. The van der Waals surface area contributed by atoms with E-state index in [9.17, 15) is 4.79 Å². The van der Waals surface area contributed by atoms with Crippen molar-refractivity contribution < 1.29 is 4.79 Å². The van der Waals surface area contributed by atoms with Crippen LogP contribution in [0, 0.1) is 0 Å². The summed E-state index contributed by atoms with van der Waals surface area (Å²) in [6.07, 6.45) is 7.43. The first kappa shape index (κ1) is 20.4. The highest BCUT2D eigenvalue weighted by molar-refractivity contribution is 6.00. The second kappa shape index (κ2) is 8.65. The van der Waals surface area contributed by atoms with Gasteiger partial charge in [-0.2, -0.15) is 0 Å². The molecule has 2 unspecified atom stereocenters. The lowest BCUT2D eigenvalue weighted by Gasteiger charge is -2.40. The van der Waals surface area contributed by atoms with Crippen LogP contribution < -0.4 is 5.32 Å². The van der Waals surface area contributed by atoms with Gasteiger partial charge in [-0.15, -0.1) is 13.2 Å². The van der Waals surface area contributed by atoms with Crippen molar-refractivity contribution in [3.63, 3.8) is 0 Å². The molecule has 1 N–H and O–H groups in total. The highest BCUT2D eigenvalue weighted by Crippen LogP contribution is 2.40. The molecule has 0 radical (unpaired) electrons. The largest absolute Gasteiger partial charge is 0.342 e. The van der Waals surface area contributed by atoms with Gasteiger partial charge in [0.2, 0.25) is 0 Å². The molecular weight excluding hydrogens is 322 g/mol. The van der Waals surface area contributed by atoms with Crippen LogP contribution in [0.4, 0.5) is 0 Å². The maximum Gasteiger partial charge on any atom is 0.252 e. The predicted octanol–water partition coefficient (Wildman–Crippen LogP) is 3.42. The number of hydrogen-bond acceptors (Lipinski definition) is 3. The molecule has 2 atom stereocenters. The third-order valence-electron chi connectivity index (χ3n) is 5.55. The lowest BCUT2D eigenvalue weighted by molar-refractivity contribution is 0.0875. The van der Waals surface area contributed by atoms with E-state index in [-0.39, 0.29) is 11.4 Å². The van der Waals surface area contributed by atoms with Gasteiger partial charge in [-0.1, -0.05) is 30.4 Å². The van der Waals surface area contributed by atoms with E-state index in [0.717, 1.165) is 36.8 Å². The third kappa shape index (κ3) is 4.25. The number of carbonyl (C=O) groups is 1. The Bertz CT molecular complexity index is 627. The van der Waals surface area contributed by atoms with E-state index < -0.39 is 0 Å². The number of amides is 1. The first-order valence-electron chi connectivity index (χ1n) is 9.31. The average molecular weight is 356 g/mol. The summed E-state index contributed by atoms with van der Waals surface area (Å²) in [4.78, 5) is 17.2. The number of hydrogen-bond donors (Lipinski definition) is 1. The molecule has 0 bridgehead atoms. The van der Waals surface area contributed by atoms with Crippen LogP contribution in [0.2, 0.25) is 0 Å². The van der Waals surface area contributed by atoms with Crippen LogP contribution in [0.15, 0.2) is 49.6 Å². The predicted molar refractivity (Wildman–Crippen MR) is 109 cm³/mol. The Kier molecular flexibility index (Phi) is 6.79. The second-order valence-electron chi connectivity index (χ2n) is 7.77. The molecule has 0 fully saturated rings. The number of fused-ring (bicyclic) bond motifs is 1. The van der Waals surface area contributed by atoms with Gasteiger partial charge in [-0.3, -0.25) is 4.79 Å². The first-order chi connectivity index (χ1) is 12.3. The van der Waals surface area contributed by atoms with E-state index in [1.165, 1.54) is 0 Å². The first-order valence-corrected chi connectivity index (χ1v) is 9.31. The van der Waals surface area contributed by atoms with Crippen LogP contribution >= 0.6 is 0 Å². The van der Waals surface area contributed by atoms with Crippen molar-refractivity contribution >= 4 is 5.91 Å². The Labute approximate surface area is 158 Å². The maximum absolute atomic E-state index is 12.7. The molecule has 4 nitrogen and oxygen atoms in total. The summed E-state index contributed by atoms with van der Waals surface area (Å²) in [7, 11) is 8.38. The van der Waals surface area contributed by atoms with Crippen molar-refractivity contribution in [3.8, 4) is 0 Å². The molecule has 1 amide bonds. The highest BCUT2D eigenvalue weighted by Gasteiger charge is 2.45. The molecule has 1 aliphatic heterocycles. The molecule has 0 aliphatic carbocycles. The van der Waals surface area contributed by atoms with Gasteiger partial charge < -0.3 is 15.1 Å². The number of nitrogens with one attached hydrogen (secondary N) is 1. The van der Waals surface area contributed by atoms with E-state index in [2.05, 4.69) is 62.5 Å². The number of nitrogens with zero attached hydrogens (tertiary/aromatic N) is 2. The number of benzene rings is 1. The Hall–Kier alpha value is -1.91. The van der Waals surface area contributed by atoms with E-state index in [4.69, 9.17) is 0 Å². The standard InChI is InChI=1S/C22H33N3O/c1-7-11-17(24(3)4)15-22(16-18(12-8-2)25(5)6)20-14-10-9-13-19(20)21(26)23-22/h7-10,13-14,17-18H,1-2,11-12,15-16H2,3-6H3,(H,23,26). The van der Waals surface area contributed by atoms with Gasteiger partial charge in [0.25, 0.3) is 5.91 Å². The quantitative estimate of drug-likeness (QED) is 0.653. The molecule has 0 aromatic heterocycles. The van der Waals surface area contributed by atoms with Gasteiger partial charge in [-0.05, 0) is 65.5 Å². The Balaban J connectivity index is 2.47. The van der Waals surface area contributed by atoms with Crippen LogP contribution in [0.3, 0.4) is 0 Å². The molecule has 26 heavy (non-hydrogen) atoms.